The first kappa shape index (κ1) is 18.7. The van der Waals surface area contributed by atoms with Gasteiger partial charge in [0.2, 0.25) is 0 Å². The standard InChI is InChI=1S/C21H25NO3/c1-17(12-13-18-8-4-2-5-9-18)22-20(23)16-25-21(24)15-14-19-10-6-3-7-11-19/h2-11,17H,12-16H2,1H3,(H,22,23)/t17-/m0/s1. The van der Waals surface area contributed by atoms with Gasteiger partial charge in [0.1, 0.15) is 0 Å². The number of nitrogens with one attached hydrogen (secondary N) is 1. The fourth-order valence-electron chi connectivity index (χ4n) is 2.53. The Morgan fingerprint density at radius 1 is 0.920 bits per heavy atom. The topological polar surface area (TPSA) is 55.4 Å². The van der Waals surface area contributed by atoms with Crippen molar-refractivity contribution in [3.8, 4) is 0 Å². The second kappa shape index (κ2) is 10.3. The Morgan fingerprint density at radius 3 is 2.08 bits per heavy atom. The molecule has 0 radical (unpaired) electrons. The third-order valence-corrected chi connectivity index (χ3v) is 3.94. The van der Waals surface area contributed by atoms with Crippen LogP contribution in [0.4, 0.5) is 0 Å². The van der Waals surface area contributed by atoms with Crippen molar-refractivity contribution in [1.82, 2.24) is 5.32 Å². The smallest absolute Gasteiger partial charge is 0.306 e. The van der Waals surface area contributed by atoms with Gasteiger partial charge in [0.25, 0.3) is 5.91 Å². The van der Waals surface area contributed by atoms with E-state index in [9.17, 15) is 9.59 Å². The lowest BCUT2D eigenvalue weighted by Crippen LogP contribution is -2.36. The highest BCUT2D eigenvalue weighted by atomic mass is 16.5. The van der Waals surface area contributed by atoms with Crippen molar-refractivity contribution in [2.24, 2.45) is 0 Å². The van der Waals surface area contributed by atoms with Crippen LogP contribution >= 0.6 is 0 Å². The summed E-state index contributed by atoms with van der Waals surface area (Å²) < 4.78 is 5.04. The Hall–Kier alpha value is -2.62. The van der Waals surface area contributed by atoms with E-state index in [1.807, 2.05) is 55.5 Å². The molecule has 0 aromatic heterocycles. The predicted octanol–water partition coefficient (Wildman–Crippen LogP) is 3.30. The molecule has 0 aliphatic heterocycles. The fraction of sp³-hybridized carbons (Fsp3) is 0.333. The molecule has 0 spiro atoms. The number of aryl methyl sites for hydroxylation is 2. The van der Waals surface area contributed by atoms with Crippen molar-refractivity contribution >= 4 is 11.9 Å². The average molecular weight is 339 g/mol. The molecule has 2 aromatic carbocycles. The Kier molecular flexibility index (Phi) is 7.70. The lowest BCUT2D eigenvalue weighted by molar-refractivity contribution is -0.148. The maximum Gasteiger partial charge on any atom is 0.306 e. The summed E-state index contributed by atoms with van der Waals surface area (Å²) in [6.45, 7) is 1.74. The van der Waals surface area contributed by atoms with Gasteiger partial charge in [0, 0.05) is 12.5 Å². The first-order valence-corrected chi connectivity index (χ1v) is 8.66. The number of esters is 1. The van der Waals surface area contributed by atoms with E-state index in [1.54, 1.807) is 0 Å². The van der Waals surface area contributed by atoms with Crippen molar-refractivity contribution in [2.45, 2.75) is 38.6 Å². The van der Waals surface area contributed by atoms with E-state index in [-0.39, 0.29) is 30.9 Å². The quantitative estimate of drug-likeness (QED) is 0.713. The molecule has 0 aliphatic rings. The van der Waals surface area contributed by atoms with Gasteiger partial charge in [-0.1, -0.05) is 60.7 Å². The normalized spacial score (nSPS) is 11.6. The Balaban J connectivity index is 1.60. The molecule has 1 atom stereocenters. The van der Waals surface area contributed by atoms with Gasteiger partial charge >= 0.3 is 5.97 Å². The van der Waals surface area contributed by atoms with Crippen molar-refractivity contribution in [1.29, 1.82) is 0 Å². The molecule has 0 bridgehead atoms. The molecule has 2 aromatic rings. The van der Waals surface area contributed by atoms with E-state index in [0.29, 0.717) is 6.42 Å². The maximum absolute atomic E-state index is 11.9. The van der Waals surface area contributed by atoms with Crippen LogP contribution in [-0.2, 0) is 27.2 Å². The van der Waals surface area contributed by atoms with E-state index in [1.165, 1.54) is 5.56 Å². The van der Waals surface area contributed by atoms with Crippen LogP contribution in [0, 0.1) is 0 Å². The molecule has 0 saturated heterocycles. The fourth-order valence-corrected chi connectivity index (χ4v) is 2.53. The highest BCUT2D eigenvalue weighted by molar-refractivity contribution is 5.80. The number of rotatable bonds is 9. The number of benzene rings is 2. The summed E-state index contributed by atoms with van der Waals surface area (Å²) >= 11 is 0. The summed E-state index contributed by atoms with van der Waals surface area (Å²) in [5.74, 6) is -0.607. The Morgan fingerprint density at radius 2 is 1.48 bits per heavy atom. The van der Waals surface area contributed by atoms with Gasteiger partial charge in [0.15, 0.2) is 6.61 Å². The number of hydrogen-bond donors (Lipinski definition) is 1. The number of hydrogen-bond acceptors (Lipinski definition) is 3. The number of amides is 1. The van der Waals surface area contributed by atoms with Crippen LogP contribution in [0.3, 0.4) is 0 Å². The highest BCUT2D eigenvalue weighted by Gasteiger charge is 2.11. The summed E-state index contributed by atoms with van der Waals surface area (Å²) in [4.78, 5) is 23.6. The molecule has 0 aliphatic carbocycles. The summed E-state index contributed by atoms with van der Waals surface area (Å²) in [6.07, 6.45) is 2.65. The minimum atomic E-state index is -0.351. The van der Waals surface area contributed by atoms with Crippen LogP contribution in [-0.4, -0.2) is 24.5 Å². The SMILES string of the molecule is C[C@@H](CCc1ccccc1)NC(=O)COC(=O)CCc1ccccc1. The second-order valence-corrected chi connectivity index (χ2v) is 6.14. The summed E-state index contributed by atoms with van der Waals surface area (Å²) in [7, 11) is 0. The number of carbonyl (C=O) groups excluding carboxylic acids is 2. The Labute approximate surface area is 149 Å². The van der Waals surface area contributed by atoms with Crippen LogP contribution in [0.2, 0.25) is 0 Å². The van der Waals surface area contributed by atoms with Crippen molar-refractivity contribution < 1.29 is 14.3 Å². The number of carbonyl (C=O) groups is 2. The van der Waals surface area contributed by atoms with Crippen molar-refractivity contribution in [2.75, 3.05) is 6.61 Å². The van der Waals surface area contributed by atoms with Crippen LogP contribution < -0.4 is 5.32 Å². The lowest BCUT2D eigenvalue weighted by Gasteiger charge is -2.14. The predicted molar refractivity (Wildman–Crippen MR) is 98.1 cm³/mol. The largest absolute Gasteiger partial charge is 0.456 e. The summed E-state index contributed by atoms with van der Waals surface area (Å²) in [5.41, 5.74) is 2.33. The van der Waals surface area contributed by atoms with Gasteiger partial charge in [-0.2, -0.15) is 0 Å². The highest BCUT2D eigenvalue weighted by Crippen LogP contribution is 2.05. The lowest BCUT2D eigenvalue weighted by atomic mass is 10.1. The van der Waals surface area contributed by atoms with Gasteiger partial charge in [-0.25, -0.2) is 0 Å². The zero-order valence-corrected chi connectivity index (χ0v) is 14.6. The van der Waals surface area contributed by atoms with Crippen LogP contribution in [0.5, 0.6) is 0 Å². The molecule has 25 heavy (non-hydrogen) atoms. The maximum atomic E-state index is 11.9. The van der Waals surface area contributed by atoms with E-state index in [2.05, 4.69) is 17.4 Å². The van der Waals surface area contributed by atoms with Gasteiger partial charge in [0.05, 0.1) is 0 Å². The third-order valence-electron chi connectivity index (χ3n) is 3.94. The molecule has 1 N–H and O–H groups in total. The molecule has 132 valence electrons. The zero-order chi connectivity index (χ0) is 17.9. The molecule has 4 heteroatoms. The van der Waals surface area contributed by atoms with Crippen molar-refractivity contribution in [3.63, 3.8) is 0 Å². The van der Waals surface area contributed by atoms with E-state index in [4.69, 9.17) is 4.74 Å². The van der Waals surface area contributed by atoms with Gasteiger partial charge in [-0.3, -0.25) is 9.59 Å². The number of ether oxygens (including phenoxy) is 1. The molecular formula is C21H25NO3. The van der Waals surface area contributed by atoms with Gasteiger partial charge in [-0.05, 0) is 37.3 Å². The van der Waals surface area contributed by atoms with E-state index >= 15 is 0 Å². The van der Waals surface area contributed by atoms with Crippen LogP contribution in [0.15, 0.2) is 60.7 Å². The zero-order valence-electron chi connectivity index (χ0n) is 14.6. The molecule has 0 fully saturated rings. The molecular weight excluding hydrogens is 314 g/mol. The molecule has 0 heterocycles. The molecule has 4 nitrogen and oxygen atoms in total. The van der Waals surface area contributed by atoms with E-state index < -0.39 is 0 Å². The average Bonchev–Trinajstić information content (AvgIpc) is 2.65. The van der Waals surface area contributed by atoms with Crippen LogP contribution in [0.25, 0.3) is 0 Å². The van der Waals surface area contributed by atoms with Gasteiger partial charge in [-0.15, -0.1) is 0 Å². The molecule has 1 amide bonds. The molecule has 2 rings (SSSR count). The summed E-state index contributed by atoms with van der Waals surface area (Å²) in [6, 6.07) is 19.9. The van der Waals surface area contributed by atoms with Crippen molar-refractivity contribution in [3.05, 3.63) is 71.8 Å². The molecule has 0 saturated carbocycles. The minimum Gasteiger partial charge on any atom is -0.456 e. The van der Waals surface area contributed by atoms with Crippen LogP contribution in [0.1, 0.15) is 30.9 Å². The van der Waals surface area contributed by atoms with E-state index in [0.717, 1.165) is 18.4 Å². The third kappa shape index (κ3) is 7.66. The monoisotopic (exact) mass is 339 g/mol. The first-order chi connectivity index (χ1) is 12.1. The minimum absolute atomic E-state index is 0.0377. The molecule has 0 unspecified atom stereocenters. The Bertz CT molecular complexity index is 655. The van der Waals surface area contributed by atoms with Gasteiger partial charge < -0.3 is 10.1 Å². The first-order valence-electron chi connectivity index (χ1n) is 8.66. The summed E-state index contributed by atoms with van der Waals surface area (Å²) in [5, 5.41) is 2.86. The second-order valence-electron chi connectivity index (χ2n) is 6.14.